The van der Waals surface area contributed by atoms with Gasteiger partial charge in [-0.3, -0.25) is 4.79 Å². The summed E-state index contributed by atoms with van der Waals surface area (Å²) in [5.74, 6) is -0.511. The molecule has 0 radical (unpaired) electrons. The zero-order valence-corrected chi connectivity index (χ0v) is 17.9. The number of carbonyl (C=O) groups is 1. The Morgan fingerprint density at radius 1 is 1.19 bits per heavy atom. The first-order valence-electron chi connectivity index (χ1n) is 10.7. The maximum absolute atomic E-state index is 14.3. The van der Waals surface area contributed by atoms with E-state index < -0.39 is 0 Å². The normalized spacial score (nSPS) is 15.0. The number of hydrogen-bond acceptors (Lipinski definition) is 2. The third kappa shape index (κ3) is 3.47. The van der Waals surface area contributed by atoms with E-state index in [2.05, 4.69) is 11.9 Å². The van der Waals surface area contributed by atoms with Gasteiger partial charge in [0, 0.05) is 33.8 Å². The van der Waals surface area contributed by atoms with Crippen molar-refractivity contribution in [2.24, 2.45) is 0 Å². The molecule has 6 heteroatoms. The van der Waals surface area contributed by atoms with Crippen LogP contribution in [0.3, 0.4) is 0 Å². The Kier molecular flexibility index (Phi) is 5.14. The van der Waals surface area contributed by atoms with Crippen LogP contribution in [-0.2, 0) is 6.54 Å². The number of benzene rings is 2. The predicted octanol–water partition coefficient (Wildman–Crippen LogP) is 6.38. The molecule has 1 amide bonds. The monoisotopic (exact) mass is 435 g/mol. The lowest BCUT2D eigenvalue weighted by Crippen LogP contribution is -2.36. The van der Waals surface area contributed by atoms with Gasteiger partial charge in [-0.15, -0.1) is 6.58 Å². The second-order valence-corrected chi connectivity index (χ2v) is 8.65. The molecule has 31 heavy (non-hydrogen) atoms. The number of pyridine rings is 1. The van der Waals surface area contributed by atoms with E-state index in [0.29, 0.717) is 44.5 Å². The average molecular weight is 436 g/mol. The van der Waals surface area contributed by atoms with Crippen molar-refractivity contribution in [2.75, 3.05) is 0 Å². The summed E-state index contributed by atoms with van der Waals surface area (Å²) in [4.78, 5) is 18.5. The number of nitrogens with one attached hydrogen (secondary N) is 1. The summed E-state index contributed by atoms with van der Waals surface area (Å²) in [6.45, 7) is 4.36. The summed E-state index contributed by atoms with van der Waals surface area (Å²) in [6, 6.07) is 10.2. The van der Waals surface area contributed by atoms with Crippen LogP contribution < -0.4 is 5.32 Å². The molecule has 1 N–H and O–H groups in total. The molecular formula is C25H23ClFN3O. The second-order valence-electron chi connectivity index (χ2n) is 8.22. The summed E-state index contributed by atoms with van der Waals surface area (Å²) < 4.78 is 16.2. The number of rotatable bonds is 4. The van der Waals surface area contributed by atoms with Crippen molar-refractivity contribution in [3.05, 3.63) is 65.5 Å². The highest BCUT2D eigenvalue weighted by atomic mass is 35.5. The molecule has 1 saturated carbocycles. The molecule has 4 aromatic rings. The van der Waals surface area contributed by atoms with Crippen molar-refractivity contribution < 1.29 is 9.18 Å². The molecule has 0 spiro atoms. The van der Waals surface area contributed by atoms with Gasteiger partial charge in [0.25, 0.3) is 5.91 Å². The van der Waals surface area contributed by atoms with E-state index in [4.69, 9.17) is 16.6 Å². The smallest absolute Gasteiger partial charge is 0.252 e. The van der Waals surface area contributed by atoms with Crippen LogP contribution in [0.4, 0.5) is 4.39 Å². The largest absolute Gasteiger partial charge is 0.349 e. The van der Waals surface area contributed by atoms with Crippen LogP contribution in [0, 0.1) is 5.82 Å². The Morgan fingerprint density at radius 3 is 2.77 bits per heavy atom. The molecule has 1 fully saturated rings. The lowest BCUT2D eigenvalue weighted by atomic mass is 9.94. The van der Waals surface area contributed by atoms with Crippen molar-refractivity contribution in [2.45, 2.75) is 44.7 Å². The van der Waals surface area contributed by atoms with Crippen LogP contribution in [-0.4, -0.2) is 21.5 Å². The molecule has 1 aliphatic carbocycles. The lowest BCUT2D eigenvalue weighted by molar-refractivity contribution is 0.0931. The SMILES string of the molecule is C=CCn1c2ccc(F)cc2c2c(C(=O)NC3CCCCC3)c3cc(Cl)ccc3nc21. The summed E-state index contributed by atoms with van der Waals surface area (Å²) in [7, 11) is 0. The Bertz CT molecular complexity index is 1340. The van der Waals surface area contributed by atoms with Crippen LogP contribution in [0.1, 0.15) is 42.5 Å². The number of fused-ring (bicyclic) bond motifs is 4. The molecule has 2 aromatic carbocycles. The zero-order chi connectivity index (χ0) is 21.5. The molecule has 0 saturated heterocycles. The van der Waals surface area contributed by atoms with Crippen molar-refractivity contribution in [1.82, 2.24) is 14.9 Å². The predicted molar refractivity (Wildman–Crippen MR) is 124 cm³/mol. The number of carbonyl (C=O) groups excluding carboxylic acids is 1. The van der Waals surface area contributed by atoms with Gasteiger partial charge in [0.2, 0.25) is 0 Å². The Labute approximate surface area is 184 Å². The third-order valence-corrected chi connectivity index (χ3v) is 6.42. The van der Waals surface area contributed by atoms with E-state index in [9.17, 15) is 9.18 Å². The number of nitrogens with zero attached hydrogens (tertiary/aromatic N) is 2. The van der Waals surface area contributed by atoms with Gasteiger partial charge in [-0.05, 0) is 49.2 Å². The van der Waals surface area contributed by atoms with Crippen molar-refractivity contribution in [3.63, 3.8) is 0 Å². The fraction of sp³-hybridized carbons (Fsp3) is 0.280. The maximum atomic E-state index is 14.3. The number of hydrogen-bond donors (Lipinski definition) is 1. The lowest BCUT2D eigenvalue weighted by Gasteiger charge is -2.23. The molecule has 0 unspecified atom stereocenters. The highest BCUT2D eigenvalue weighted by molar-refractivity contribution is 6.32. The Hall–Kier alpha value is -2.92. The molecular weight excluding hydrogens is 413 g/mol. The summed E-state index contributed by atoms with van der Waals surface area (Å²) in [5, 5.41) is 5.75. The van der Waals surface area contributed by atoms with Gasteiger partial charge in [-0.1, -0.05) is 36.9 Å². The molecule has 2 heterocycles. The van der Waals surface area contributed by atoms with Gasteiger partial charge in [0.15, 0.2) is 0 Å². The highest BCUT2D eigenvalue weighted by Gasteiger charge is 2.25. The highest BCUT2D eigenvalue weighted by Crippen LogP contribution is 2.36. The molecule has 2 aromatic heterocycles. The Balaban J connectivity index is 1.84. The van der Waals surface area contributed by atoms with Gasteiger partial charge in [0.05, 0.1) is 16.6 Å². The van der Waals surface area contributed by atoms with E-state index in [1.165, 1.54) is 18.6 Å². The zero-order valence-electron chi connectivity index (χ0n) is 17.1. The second kappa shape index (κ2) is 7.97. The van der Waals surface area contributed by atoms with Crippen LogP contribution >= 0.6 is 11.6 Å². The number of aromatic nitrogens is 2. The van der Waals surface area contributed by atoms with Crippen LogP contribution in [0.15, 0.2) is 49.1 Å². The molecule has 1 aliphatic rings. The van der Waals surface area contributed by atoms with E-state index in [1.54, 1.807) is 24.3 Å². The van der Waals surface area contributed by atoms with E-state index in [0.717, 1.165) is 31.2 Å². The minimum atomic E-state index is -0.352. The summed E-state index contributed by atoms with van der Waals surface area (Å²) >= 11 is 6.30. The standard InChI is InChI=1S/C25H23ClFN3O/c1-2-12-30-21-11-9-16(27)14-19(21)22-23(25(31)28-17-6-4-3-5-7-17)18-13-15(26)8-10-20(18)29-24(22)30/h2,8-11,13-14,17H,1,3-7,12H2,(H,28,31). The van der Waals surface area contributed by atoms with Crippen LogP contribution in [0.5, 0.6) is 0 Å². The minimum absolute atomic E-state index is 0.150. The third-order valence-electron chi connectivity index (χ3n) is 6.18. The van der Waals surface area contributed by atoms with Gasteiger partial charge >= 0.3 is 0 Å². The molecule has 5 rings (SSSR count). The van der Waals surface area contributed by atoms with Crippen LogP contribution in [0.2, 0.25) is 5.02 Å². The minimum Gasteiger partial charge on any atom is -0.349 e. The Morgan fingerprint density at radius 2 is 2.00 bits per heavy atom. The van der Waals surface area contributed by atoms with Crippen LogP contribution in [0.25, 0.3) is 32.8 Å². The summed E-state index contributed by atoms with van der Waals surface area (Å²) in [5.41, 5.74) is 2.65. The number of halogens is 2. The molecule has 0 bridgehead atoms. The van der Waals surface area contributed by atoms with Crippen molar-refractivity contribution in [1.29, 1.82) is 0 Å². The first-order chi connectivity index (χ1) is 15.1. The number of allylic oxidation sites excluding steroid dienone is 1. The summed E-state index contributed by atoms with van der Waals surface area (Å²) in [6.07, 6.45) is 7.17. The van der Waals surface area contributed by atoms with Gasteiger partial charge in [-0.2, -0.15) is 0 Å². The molecule has 158 valence electrons. The maximum Gasteiger partial charge on any atom is 0.252 e. The van der Waals surface area contributed by atoms with Gasteiger partial charge in [0.1, 0.15) is 11.5 Å². The molecule has 4 nitrogen and oxygen atoms in total. The van der Waals surface area contributed by atoms with Gasteiger partial charge < -0.3 is 9.88 Å². The van der Waals surface area contributed by atoms with Crippen molar-refractivity contribution in [3.8, 4) is 0 Å². The number of amides is 1. The average Bonchev–Trinajstić information content (AvgIpc) is 3.05. The van der Waals surface area contributed by atoms with Crippen molar-refractivity contribution >= 4 is 50.3 Å². The fourth-order valence-electron chi connectivity index (χ4n) is 4.79. The first-order valence-corrected chi connectivity index (χ1v) is 11.1. The van der Waals surface area contributed by atoms with E-state index in [1.807, 2.05) is 10.6 Å². The topological polar surface area (TPSA) is 46.9 Å². The first kappa shape index (κ1) is 20.0. The van der Waals surface area contributed by atoms with E-state index >= 15 is 0 Å². The molecule has 0 atom stereocenters. The van der Waals surface area contributed by atoms with E-state index in [-0.39, 0.29) is 17.8 Å². The van der Waals surface area contributed by atoms with Gasteiger partial charge in [-0.25, -0.2) is 9.37 Å². The molecule has 0 aliphatic heterocycles. The quantitative estimate of drug-likeness (QED) is 0.378. The fourth-order valence-corrected chi connectivity index (χ4v) is 4.96.